The van der Waals surface area contributed by atoms with Crippen LogP contribution in [0.25, 0.3) is 11.4 Å². The first-order chi connectivity index (χ1) is 12.0. The largest absolute Gasteiger partial charge is 0.298 e. The molecule has 6 nitrogen and oxygen atoms in total. The molecule has 25 heavy (non-hydrogen) atoms. The maximum absolute atomic E-state index is 11.4. The monoisotopic (exact) mass is 374 g/mol. The lowest BCUT2D eigenvalue weighted by Crippen LogP contribution is -2.08. The Morgan fingerprint density at radius 1 is 1.04 bits per heavy atom. The van der Waals surface area contributed by atoms with E-state index in [4.69, 9.17) is 0 Å². The predicted molar refractivity (Wildman–Crippen MR) is 99.2 cm³/mol. The topological polar surface area (TPSA) is 77.7 Å². The minimum Gasteiger partial charge on any atom is -0.298 e. The third-order valence-electron chi connectivity index (χ3n) is 3.52. The molecular formula is C17H18N4O2S2. The van der Waals surface area contributed by atoms with Gasteiger partial charge in [0, 0.05) is 30.0 Å². The van der Waals surface area contributed by atoms with Crippen LogP contribution in [0.4, 0.5) is 0 Å². The van der Waals surface area contributed by atoms with Crippen molar-refractivity contribution in [2.45, 2.75) is 11.7 Å². The molecule has 1 aromatic carbocycles. The van der Waals surface area contributed by atoms with Gasteiger partial charge < -0.3 is 0 Å². The quantitative estimate of drug-likeness (QED) is 0.592. The number of hydrogen-bond acceptors (Lipinski definition) is 6. The number of nitrogens with zero attached hydrogens (tertiary/aromatic N) is 4. The molecule has 0 aliphatic rings. The molecule has 0 N–H and O–H groups in total. The maximum atomic E-state index is 11.4. The van der Waals surface area contributed by atoms with Gasteiger partial charge in [0.25, 0.3) is 0 Å². The minimum atomic E-state index is -3.00. The fourth-order valence-electron chi connectivity index (χ4n) is 2.30. The fraction of sp³-hybridized carbons (Fsp3) is 0.235. The highest BCUT2D eigenvalue weighted by Crippen LogP contribution is 2.25. The van der Waals surface area contributed by atoms with Gasteiger partial charge in [-0.15, -0.1) is 10.2 Å². The molecule has 0 atom stereocenters. The zero-order chi connectivity index (χ0) is 17.7. The van der Waals surface area contributed by atoms with Crippen LogP contribution in [0.15, 0.2) is 60.0 Å². The summed E-state index contributed by atoms with van der Waals surface area (Å²) in [4.78, 5) is 4.04. The van der Waals surface area contributed by atoms with Gasteiger partial charge in [0.15, 0.2) is 11.0 Å². The third kappa shape index (κ3) is 4.90. The van der Waals surface area contributed by atoms with Crippen LogP contribution >= 0.6 is 11.8 Å². The van der Waals surface area contributed by atoms with E-state index in [9.17, 15) is 8.42 Å². The molecule has 0 aliphatic carbocycles. The highest BCUT2D eigenvalue weighted by molar-refractivity contribution is 8.00. The molecule has 0 unspecified atom stereocenters. The maximum Gasteiger partial charge on any atom is 0.191 e. The molecule has 130 valence electrons. The minimum absolute atomic E-state index is 0.112. The van der Waals surface area contributed by atoms with Crippen LogP contribution in [0.5, 0.6) is 0 Å². The smallest absolute Gasteiger partial charge is 0.191 e. The van der Waals surface area contributed by atoms with Gasteiger partial charge in [0.1, 0.15) is 9.84 Å². The summed E-state index contributed by atoms with van der Waals surface area (Å²) in [5.41, 5.74) is 2.05. The van der Waals surface area contributed by atoms with Crippen molar-refractivity contribution >= 4 is 21.6 Å². The Bertz CT molecular complexity index is 926. The van der Waals surface area contributed by atoms with E-state index < -0.39 is 9.84 Å². The highest BCUT2D eigenvalue weighted by atomic mass is 32.2. The van der Waals surface area contributed by atoms with E-state index in [0.717, 1.165) is 17.0 Å². The van der Waals surface area contributed by atoms with Gasteiger partial charge in [0.2, 0.25) is 0 Å². The Morgan fingerprint density at radius 2 is 1.76 bits per heavy atom. The molecule has 0 saturated carbocycles. The van der Waals surface area contributed by atoms with Crippen molar-refractivity contribution in [1.82, 2.24) is 19.7 Å². The summed E-state index contributed by atoms with van der Waals surface area (Å²) in [6.45, 7) is 0.618. The number of pyridine rings is 1. The Kier molecular flexibility index (Phi) is 5.50. The molecule has 3 aromatic rings. The van der Waals surface area contributed by atoms with Gasteiger partial charge in [-0.2, -0.15) is 0 Å². The Balaban J connectivity index is 1.91. The molecule has 0 saturated heterocycles. The lowest BCUT2D eigenvalue weighted by atomic mass is 10.2. The van der Waals surface area contributed by atoms with Gasteiger partial charge in [-0.1, -0.05) is 42.1 Å². The average molecular weight is 374 g/mol. The number of rotatable bonds is 7. The van der Waals surface area contributed by atoms with Gasteiger partial charge in [-0.25, -0.2) is 8.42 Å². The lowest BCUT2D eigenvalue weighted by Gasteiger charge is -2.10. The first-order valence-electron chi connectivity index (χ1n) is 7.71. The number of aromatic nitrogens is 4. The van der Waals surface area contributed by atoms with E-state index in [1.807, 2.05) is 47.0 Å². The third-order valence-corrected chi connectivity index (χ3v) is 5.70. The molecule has 0 fully saturated rings. The molecule has 0 bridgehead atoms. The summed E-state index contributed by atoms with van der Waals surface area (Å²) in [7, 11) is -3.00. The molecule has 0 amide bonds. The first-order valence-corrected chi connectivity index (χ1v) is 10.8. The zero-order valence-electron chi connectivity index (χ0n) is 13.7. The number of benzene rings is 1. The van der Waals surface area contributed by atoms with Crippen molar-refractivity contribution < 1.29 is 8.42 Å². The Hall–Kier alpha value is -2.19. The number of hydrogen-bond donors (Lipinski definition) is 0. The molecule has 3 rings (SSSR count). The second kappa shape index (κ2) is 7.79. The van der Waals surface area contributed by atoms with Crippen LogP contribution in [0.1, 0.15) is 5.56 Å². The van der Waals surface area contributed by atoms with Crippen molar-refractivity contribution in [3.63, 3.8) is 0 Å². The Morgan fingerprint density at radius 3 is 2.44 bits per heavy atom. The molecule has 2 heterocycles. The van der Waals surface area contributed by atoms with E-state index in [0.29, 0.717) is 17.5 Å². The van der Waals surface area contributed by atoms with E-state index in [2.05, 4.69) is 15.2 Å². The zero-order valence-corrected chi connectivity index (χ0v) is 15.4. The van der Waals surface area contributed by atoms with Gasteiger partial charge >= 0.3 is 0 Å². The second-order valence-corrected chi connectivity index (χ2v) is 8.91. The molecule has 0 aliphatic heterocycles. The lowest BCUT2D eigenvalue weighted by molar-refractivity contribution is 0.603. The SMILES string of the molecule is CS(=O)(=O)CCSc1nnc(-c2ccncc2)n1Cc1ccccc1. The van der Waals surface area contributed by atoms with Crippen LogP contribution in [0, 0.1) is 0 Å². The first kappa shape index (κ1) is 17.6. The van der Waals surface area contributed by atoms with Crippen molar-refractivity contribution in [1.29, 1.82) is 0 Å². The van der Waals surface area contributed by atoms with Crippen molar-refractivity contribution in [3.8, 4) is 11.4 Å². The van der Waals surface area contributed by atoms with Crippen molar-refractivity contribution in [3.05, 3.63) is 60.4 Å². The molecule has 0 radical (unpaired) electrons. The van der Waals surface area contributed by atoms with Crippen molar-refractivity contribution in [2.75, 3.05) is 17.8 Å². The summed E-state index contributed by atoms with van der Waals surface area (Å²) in [6.07, 6.45) is 4.67. The summed E-state index contributed by atoms with van der Waals surface area (Å²) >= 11 is 1.40. The van der Waals surface area contributed by atoms with Gasteiger partial charge in [-0.05, 0) is 17.7 Å². The van der Waals surface area contributed by atoms with Gasteiger partial charge in [-0.3, -0.25) is 9.55 Å². The standard InChI is InChI=1S/C17H18N4O2S2/c1-25(22,23)12-11-24-17-20-19-16(15-7-9-18-10-8-15)21(17)13-14-5-3-2-4-6-14/h2-10H,11-13H2,1H3. The number of thioether (sulfide) groups is 1. The summed E-state index contributed by atoms with van der Waals surface area (Å²) in [5.74, 6) is 1.30. The van der Waals surface area contributed by atoms with Gasteiger partial charge in [0.05, 0.1) is 12.3 Å². The van der Waals surface area contributed by atoms with Crippen LogP contribution in [-0.4, -0.2) is 45.9 Å². The summed E-state index contributed by atoms with van der Waals surface area (Å²) < 4.78 is 24.7. The Labute approximate surface area is 151 Å². The summed E-state index contributed by atoms with van der Waals surface area (Å²) in [6, 6.07) is 13.8. The van der Waals surface area contributed by atoms with Crippen LogP contribution in [-0.2, 0) is 16.4 Å². The van der Waals surface area contributed by atoms with E-state index in [-0.39, 0.29) is 5.75 Å². The highest BCUT2D eigenvalue weighted by Gasteiger charge is 2.15. The second-order valence-electron chi connectivity index (χ2n) is 5.59. The predicted octanol–water partition coefficient (Wildman–Crippen LogP) is 2.53. The van der Waals surface area contributed by atoms with Crippen LogP contribution < -0.4 is 0 Å². The molecule has 8 heteroatoms. The summed E-state index contributed by atoms with van der Waals surface area (Å²) in [5, 5.41) is 9.29. The molecular weight excluding hydrogens is 356 g/mol. The average Bonchev–Trinajstić information content (AvgIpc) is 2.98. The van der Waals surface area contributed by atoms with Crippen LogP contribution in [0.3, 0.4) is 0 Å². The van der Waals surface area contributed by atoms with E-state index in [1.54, 1.807) is 12.4 Å². The number of sulfone groups is 1. The molecule has 0 spiro atoms. The fourth-order valence-corrected chi connectivity index (χ4v) is 4.44. The normalized spacial score (nSPS) is 11.6. The van der Waals surface area contributed by atoms with E-state index >= 15 is 0 Å². The van der Waals surface area contributed by atoms with Crippen molar-refractivity contribution in [2.24, 2.45) is 0 Å². The molecule has 2 aromatic heterocycles. The van der Waals surface area contributed by atoms with E-state index in [1.165, 1.54) is 18.0 Å². The van der Waals surface area contributed by atoms with Crippen LogP contribution in [0.2, 0.25) is 0 Å².